The summed E-state index contributed by atoms with van der Waals surface area (Å²) < 4.78 is 31.2. The minimum Gasteiger partial charge on any atom is -0.335 e. The number of nitrogens with one attached hydrogen (secondary N) is 1. The fraction of sp³-hybridized carbons (Fsp3) is 0.929. The van der Waals surface area contributed by atoms with Crippen molar-refractivity contribution in [1.29, 1.82) is 0 Å². The average molecular weight is 320 g/mol. The van der Waals surface area contributed by atoms with E-state index in [0.717, 1.165) is 32.1 Å². The van der Waals surface area contributed by atoms with Gasteiger partial charge in [-0.15, -0.1) is 0 Å². The predicted octanol–water partition coefficient (Wildman–Crippen LogP) is 2.41. The number of urea groups is 1. The minimum absolute atomic E-state index is 0.113. The zero-order valence-corrected chi connectivity index (χ0v) is 13.9. The fourth-order valence-electron chi connectivity index (χ4n) is 2.71. The van der Waals surface area contributed by atoms with Crippen LogP contribution in [0.15, 0.2) is 0 Å². The number of likely N-dealkylation sites (tertiary alicyclic amines) is 1. The summed E-state index contributed by atoms with van der Waals surface area (Å²) in [6.45, 7) is 4.99. The third kappa shape index (κ3) is 6.22. The molecule has 7 heteroatoms. The average Bonchev–Trinajstić information content (AvgIpc) is 2.44. The molecule has 0 aromatic heterocycles. The monoisotopic (exact) mass is 320 g/mol. The van der Waals surface area contributed by atoms with Crippen LogP contribution in [0.3, 0.4) is 0 Å². The Balaban J connectivity index is 2.45. The molecule has 1 aliphatic heterocycles. The van der Waals surface area contributed by atoms with Gasteiger partial charge in [0.2, 0.25) is 0 Å². The second-order valence-corrected chi connectivity index (χ2v) is 7.48. The number of amides is 2. The Morgan fingerprint density at radius 3 is 2.33 bits per heavy atom. The molecule has 6 nitrogen and oxygen atoms in total. The van der Waals surface area contributed by atoms with Gasteiger partial charge in [0.05, 0.1) is 5.25 Å². The quantitative estimate of drug-likeness (QED) is 0.705. The Hall–Kier alpha value is -0.820. The van der Waals surface area contributed by atoms with Crippen molar-refractivity contribution in [1.82, 2.24) is 10.2 Å². The molecule has 0 aromatic carbocycles. The van der Waals surface area contributed by atoms with Crippen LogP contribution < -0.4 is 5.32 Å². The van der Waals surface area contributed by atoms with Crippen molar-refractivity contribution in [3.63, 3.8) is 0 Å². The first-order chi connectivity index (χ1) is 9.88. The predicted molar refractivity (Wildman–Crippen MR) is 82.9 cm³/mol. The van der Waals surface area contributed by atoms with Gasteiger partial charge in [-0.25, -0.2) is 4.79 Å². The third-order valence-electron chi connectivity index (χ3n) is 4.02. The van der Waals surface area contributed by atoms with E-state index in [4.69, 9.17) is 4.55 Å². The van der Waals surface area contributed by atoms with Crippen LogP contribution in [0, 0.1) is 0 Å². The van der Waals surface area contributed by atoms with Crippen molar-refractivity contribution < 1.29 is 17.8 Å². The Morgan fingerprint density at radius 2 is 1.86 bits per heavy atom. The van der Waals surface area contributed by atoms with Gasteiger partial charge in [0.25, 0.3) is 10.1 Å². The number of piperidine rings is 1. The summed E-state index contributed by atoms with van der Waals surface area (Å²) in [7, 11) is -3.98. The van der Waals surface area contributed by atoms with Gasteiger partial charge in [-0.3, -0.25) is 4.55 Å². The highest BCUT2D eigenvalue weighted by Gasteiger charge is 2.30. The third-order valence-corrected chi connectivity index (χ3v) is 5.34. The largest absolute Gasteiger partial charge is 0.335 e. The van der Waals surface area contributed by atoms with Gasteiger partial charge in [0.1, 0.15) is 0 Å². The van der Waals surface area contributed by atoms with Crippen molar-refractivity contribution in [2.24, 2.45) is 0 Å². The van der Waals surface area contributed by atoms with E-state index < -0.39 is 15.4 Å². The van der Waals surface area contributed by atoms with E-state index in [-0.39, 0.29) is 12.1 Å². The fourth-order valence-corrected chi connectivity index (χ4v) is 3.52. The van der Waals surface area contributed by atoms with E-state index in [2.05, 4.69) is 19.2 Å². The second-order valence-electron chi connectivity index (χ2n) is 5.78. The van der Waals surface area contributed by atoms with Gasteiger partial charge in [-0.1, -0.05) is 33.1 Å². The number of nitrogens with zero attached hydrogens (tertiary/aromatic N) is 1. The summed E-state index contributed by atoms with van der Waals surface area (Å²) in [6.07, 6.45) is 5.79. The lowest BCUT2D eigenvalue weighted by molar-refractivity contribution is 0.180. The zero-order valence-electron chi connectivity index (χ0n) is 13.0. The van der Waals surface area contributed by atoms with Crippen LogP contribution >= 0.6 is 0 Å². The second kappa shape index (κ2) is 8.58. The highest BCUT2D eigenvalue weighted by Crippen LogP contribution is 2.17. The molecule has 1 aliphatic rings. The van der Waals surface area contributed by atoms with Gasteiger partial charge in [-0.2, -0.15) is 8.42 Å². The van der Waals surface area contributed by atoms with Crippen LogP contribution in [0.1, 0.15) is 58.8 Å². The Kier molecular flexibility index (Phi) is 7.45. The van der Waals surface area contributed by atoms with Gasteiger partial charge in [-0.05, 0) is 25.7 Å². The summed E-state index contributed by atoms with van der Waals surface area (Å²) >= 11 is 0. The summed E-state index contributed by atoms with van der Waals surface area (Å²) in [5.41, 5.74) is 0. The van der Waals surface area contributed by atoms with E-state index in [1.165, 1.54) is 0 Å². The first-order valence-corrected chi connectivity index (χ1v) is 9.40. The van der Waals surface area contributed by atoms with Crippen molar-refractivity contribution in [2.75, 3.05) is 13.1 Å². The first-order valence-electron chi connectivity index (χ1n) is 7.90. The molecule has 0 saturated carbocycles. The van der Waals surface area contributed by atoms with E-state index >= 15 is 0 Å². The highest BCUT2D eigenvalue weighted by atomic mass is 32.2. The molecule has 0 aliphatic carbocycles. The molecule has 21 heavy (non-hydrogen) atoms. The van der Waals surface area contributed by atoms with E-state index in [0.29, 0.717) is 25.9 Å². The lowest BCUT2D eigenvalue weighted by Crippen LogP contribution is -2.49. The normalized spacial score (nSPS) is 18.5. The van der Waals surface area contributed by atoms with Crippen molar-refractivity contribution >= 4 is 16.1 Å². The summed E-state index contributed by atoms with van der Waals surface area (Å²) in [5, 5.41) is 2.32. The molecule has 0 aromatic rings. The number of hydrogen-bond acceptors (Lipinski definition) is 3. The smallest absolute Gasteiger partial charge is 0.317 e. The van der Waals surface area contributed by atoms with E-state index in [1.807, 2.05) is 0 Å². The van der Waals surface area contributed by atoms with Crippen LogP contribution in [-0.4, -0.2) is 48.3 Å². The molecule has 0 spiro atoms. The number of carbonyl (C=O) groups excluding carboxylic acids is 1. The Bertz CT molecular complexity index is 417. The van der Waals surface area contributed by atoms with Gasteiger partial charge in [0.15, 0.2) is 0 Å². The van der Waals surface area contributed by atoms with Crippen LogP contribution in [-0.2, 0) is 10.1 Å². The topological polar surface area (TPSA) is 86.7 Å². The molecule has 2 N–H and O–H groups in total. The van der Waals surface area contributed by atoms with Crippen LogP contribution in [0.5, 0.6) is 0 Å². The Morgan fingerprint density at radius 1 is 1.24 bits per heavy atom. The molecule has 1 rings (SSSR count). The van der Waals surface area contributed by atoms with Gasteiger partial charge >= 0.3 is 6.03 Å². The van der Waals surface area contributed by atoms with Crippen LogP contribution in [0.4, 0.5) is 4.79 Å². The van der Waals surface area contributed by atoms with Crippen LogP contribution in [0.25, 0.3) is 0 Å². The molecule has 1 atom stereocenters. The number of unbranched alkanes of at least 4 members (excludes halogenated alkanes) is 1. The molecule has 1 saturated heterocycles. The molecule has 0 bridgehead atoms. The standard InChI is InChI=1S/C14H28N2O4S/c1-3-5-7-12(6-4-2)15-14(17)16-10-8-13(9-11-16)21(18,19)20/h12-13H,3-11H2,1-2H3,(H,15,17)(H,18,19,20). The van der Waals surface area contributed by atoms with Crippen molar-refractivity contribution in [3.05, 3.63) is 0 Å². The molecule has 1 fully saturated rings. The van der Waals surface area contributed by atoms with Gasteiger partial charge < -0.3 is 10.2 Å². The van der Waals surface area contributed by atoms with Crippen molar-refractivity contribution in [2.45, 2.75) is 70.1 Å². The molecule has 2 amide bonds. The van der Waals surface area contributed by atoms with Gasteiger partial charge in [0, 0.05) is 19.1 Å². The molecular formula is C14H28N2O4S. The lowest BCUT2D eigenvalue weighted by Gasteiger charge is -2.32. The van der Waals surface area contributed by atoms with E-state index in [1.54, 1.807) is 4.90 Å². The maximum atomic E-state index is 12.2. The molecule has 1 heterocycles. The first kappa shape index (κ1) is 18.2. The summed E-state index contributed by atoms with van der Waals surface area (Å²) in [5.74, 6) is 0. The maximum absolute atomic E-state index is 12.2. The zero-order chi connectivity index (χ0) is 15.9. The molecule has 124 valence electrons. The number of hydrogen-bond donors (Lipinski definition) is 2. The Labute approximate surface area is 128 Å². The SMILES string of the molecule is CCCCC(CCC)NC(=O)N1CCC(S(=O)(=O)O)CC1. The molecular weight excluding hydrogens is 292 g/mol. The lowest BCUT2D eigenvalue weighted by atomic mass is 10.1. The highest BCUT2D eigenvalue weighted by molar-refractivity contribution is 7.86. The van der Waals surface area contributed by atoms with E-state index in [9.17, 15) is 13.2 Å². The van der Waals surface area contributed by atoms with Crippen molar-refractivity contribution in [3.8, 4) is 0 Å². The maximum Gasteiger partial charge on any atom is 0.317 e. The molecule has 0 radical (unpaired) electrons. The summed E-state index contributed by atoms with van der Waals surface area (Å²) in [6, 6.07) is 0.0834. The number of rotatable bonds is 7. The minimum atomic E-state index is -3.98. The summed E-state index contributed by atoms with van der Waals surface area (Å²) in [4.78, 5) is 13.9. The molecule has 1 unspecified atom stereocenters. The number of carbonyl (C=O) groups is 1. The van der Waals surface area contributed by atoms with Crippen LogP contribution in [0.2, 0.25) is 0 Å².